The zero-order valence-electron chi connectivity index (χ0n) is 3.76. The molecule has 3 N–H and O–H groups in total. The van der Waals surface area contributed by atoms with Gasteiger partial charge in [-0.05, 0) is 0 Å². The maximum absolute atomic E-state index is 9.13. The Bertz CT molecular complexity index is 48.2. The summed E-state index contributed by atoms with van der Waals surface area (Å²) in [5, 5.41) is 9.13. The Hall–Kier alpha value is 0.871. The van der Waals surface area contributed by atoms with Crippen molar-refractivity contribution in [3.8, 4) is 0 Å². The minimum Gasteiger partial charge on any atom is -0.870 e. The first-order chi connectivity index (χ1) is 2.27. The van der Waals surface area contributed by atoms with Gasteiger partial charge in [0, 0.05) is 6.54 Å². The fourth-order valence-corrected chi connectivity index (χ4v) is 0. The summed E-state index contributed by atoms with van der Waals surface area (Å²) in [5.41, 5.74) is 4.51. The summed E-state index contributed by atoms with van der Waals surface area (Å²) in [5.74, 6) is -1.22. The predicted octanol–water partition coefficient (Wildman–Crippen LogP) is -2.86. The SMILES string of the molecule is NCC(=O)[O-].[OH-].[Sr+2]. The molecule has 7 heavy (non-hydrogen) atoms. The standard InChI is InChI=1S/C2H5NO2.H2O.Sr/c3-1-2(4)5;;/h1,3H2,(H,4,5);1H2;/q;;+2/p-2. The van der Waals surface area contributed by atoms with Crippen LogP contribution < -0.4 is 10.8 Å². The van der Waals surface area contributed by atoms with Crippen LogP contribution in [0.2, 0.25) is 0 Å². The van der Waals surface area contributed by atoms with Gasteiger partial charge in [-0.3, -0.25) is 0 Å². The monoisotopic (exact) mass is 179 g/mol. The molecule has 0 aliphatic heterocycles. The molecular weight excluding hydrogens is 174 g/mol. The van der Waals surface area contributed by atoms with E-state index in [4.69, 9.17) is 9.90 Å². The van der Waals surface area contributed by atoms with Crippen molar-refractivity contribution in [2.24, 2.45) is 5.73 Å². The third-order valence-corrected chi connectivity index (χ3v) is 0.167. The summed E-state index contributed by atoms with van der Waals surface area (Å²) in [6.45, 7) is -0.389. The van der Waals surface area contributed by atoms with Gasteiger partial charge >= 0.3 is 45.5 Å². The molecule has 0 aliphatic rings. The first kappa shape index (κ1) is 15.7. The predicted molar refractivity (Wildman–Crippen MR) is 21.8 cm³/mol. The number of aliphatic carboxylic acids is 1. The smallest absolute Gasteiger partial charge is 0.870 e. The van der Waals surface area contributed by atoms with Crippen LogP contribution in [-0.2, 0) is 4.79 Å². The second-order valence-corrected chi connectivity index (χ2v) is 0.576. The van der Waals surface area contributed by atoms with Crippen LogP contribution in [0.25, 0.3) is 0 Å². The molecule has 0 aromatic heterocycles. The van der Waals surface area contributed by atoms with E-state index in [9.17, 15) is 0 Å². The van der Waals surface area contributed by atoms with E-state index < -0.39 is 5.97 Å². The maximum Gasteiger partial charge on any atom is 2.00 e. The summed E-state index contributed by atoms with van der Waals surface area (Å²) in [7, 11) is 0. The molecule has 0 fully saturated rings. The van der Waals surface area contributed by atoms with E-state index in [1.165, 1.54) is 0 Å². The number of hydrogen-bond acceptors (Lipinski definition) is 4. The van der Waals surface area contributed by atoms with Gasteiger partial charge in [-0.1, -0.05) is 0 Å². The normalized spacial score (nSPS) is 5.29. The fraction of sp³-hybridized carbons (Fsp3) is 0.500. The van der Waals surface area contributed by atoms with Crippen LogP contribution in [0, 0.1) is 0 Å². The Kier molecular flexibility index (Phi) is 22.3. The van der Waals surface area contributed by atoms with Crippen molar-refractivity contribution in [1.29, 1.82) is 0 Å². The number of carboxylic acid groups (broad SMARTS) is 1. The molecule has 0 aromatic rings. The van der Waals surface area contributed by atoms with Crippen molar-refractivity contribution < 1.29 is 15.4 Å². The molecule has 0 unspecified atom stereocenters. The van der Waals surface area contributed by atoms with Gasteiger partial charge in [0.15, 0.2) is 0 Å². The van der Waals surface area contributed by atoms with Gasteiger partial charge in [0.2, 0.25) is 0 Å². The van der Waals surface area contributed by atoms with Crippen molar-refractivity contribution in [2.45, 2.75) is 0 Å². The van der Waals surface area contributed by atoms with Crippen molar-refractivity contribution in [3.05, 3.63) is 0 Å². The summed E-state index contributed by atoms with van der Waals surface area (Å²) in [6, 6.07) is 0. The van der Waals surface area contributed by atoms with Crippen LogP contribution in [-0.4, -0.2) is 63.5 Å². The van der Waals surface area contributed by atoms with Gasteiger partial charge in [-0.25, -0.2) is 0 Å². The van der Waals surface area contributed by atoms with Crippen LogP contribution in [0.5, 0.6) is 0 Å². The van der Waals surface area contributed by atoms with Crippen LogP contribution in [0.15, 0.2) is 0 Å². The van der Waals surface area contributed by atoms with Crippen LogP contribution in [0.3, 0.4) is 0 Å². The average molecular weight is 179 g/mol. The molecule has 0 atom stereocenters. The largest absolute Gasteiger partial charge is 2.00 e. The van der Waals surface area contributed by atoms with E-state index in [1.54, 1.807) is 0 Å². The molecule has 4 nitrogen and oxygen atoms in total. The molecular formula is C2H5NO3Sr. The third-order valence-electron chi connectivity index (χ3n) is 0.167. The zero-order valence-corrected chi connectivity index (χ0v) is 7.23. The number of hydrogen-bond donors (Lipinski definition) is 1. The maximum atomic E-state index is 9.13. The van der Waals surface area contributed by atoms with Crippen molar-refractivity contribution >= 4 is 51.5 Å². The van der Waals surface area contributed by atoms with Gasteiger partial charge in [0.05, 0.1) is 5.97 Å². The Morgan fingerprint density at radius 1 is 1.71 bits per heavy atom. The molecule has 0 heterocycles. The fourth-order valence-electron chi connectivity index (χ4n) is 0. The molecule has 0 saturated carbocycles. The second kappa shape index (κ2) is 9.98. The van der Waals surface area contributed by atoms with Crippen LogP contribution in [0.1, 0.15) is 0 Å². The summed E-state index contributed by atoms with van der Waals surface area (Å²) in [4.78, 5) is 9.13. The molecule has 0 amide bonds. The Balaban J connectivity index is -0.0000000800. The van der Waals surface area contributed by atoms with Gasteiger partial charge in [-0.15, -0.1) is 0 Å². The quantitative estimate of drug-likeness (QED) is 0.437. The van der Waals surface area contributed by atoms with Gasteiger partial charge in [0.25, 0.3) is 0 Å². The molecule has 38 valence electrons. The summed E-state index contributed by atoms with van der Waals surface area (Å²) in [6.07, 6.45) is 0. The Labute approximate surface area is 78.3 Å². The van der Waals surface area contributed by atoms with Gasteiger partial charge in [0.1, 0.15) is 0 Å². The van der Waals surface area contributed by atoms with Crippen LogP contribution >= 0.6 is 0 Å². The Morgan fingerprint density at radius 3 is 1.86 bits per heavy atom. The van der Waals surface area contributed by atoms with E-state index >= 15 is 0 Å². The number of nitrogens with two attached hydrogens (primary N) is 1. The van der Waals surface area contributed by atoms with Gasteiger partial charge < -0.3 is 21.1 Å². The number of carbonyl (C=O) groups excluding carboxylic acids is 1. The van der Waals surface area contributed by atoms with Crippen LogP contribution in [0.4, 0.5) is 0 Å². The molecule has 0 saturated heterocycles. The molecule has 0 aromatic carbocycles. The molecule has 5 heteroatoms. The van der Waals surface area contributed by atoms with E-state index in [1.807, 2.05) is 0 Å². The van der Waals surface area contributed by atoms with E-state index in [0.717, 1.165) is 0 Å². The van der Waals surface area contributed by atoms with Crippen molar-refractivity contribution in [2.75, 3.05) is 6.54 Å². The first-order valence-corrected chi connectivity index (χ1v) is 1.17. The molecule has 0 spiro atoms. The van der Waals surface area contributed by atoms with E-state index in [2.05, 4.69) is 5.73 Å². The van der Waals surface area contributed by atoms with Crippen molar-refractivity contribution in [3.63, 3.8) is 0 Å². The third kappa shape index (κ3) is 19.8. The molecule has 0 bridgehead atoms. The average Bonchev–Trinajstić information content (AvgIpc) is 1.38. The summed E-state index contributed by atoms with van der Waals surface area (Å²) >= 11 is 0. The Morgan fingerprint density at radius 2 is 1.86 bits per heavy atom. The molecule has 0 radical (unpaired) electrons. The van der Waals surface area contributed by atoms with E-state index in [-0.39, 0.29) is 57.5 Å². The second-order valence-electron chi connectivity index (χ2n) is 0.576. The topological polar surface area (TPSA) is 96.2 Å². The number of carbonyl (C=O) groups is 1. The first-order valence-electron chi connectivity index (χ1n) is 1.17. The minimum absolute atomic E-state index is 0. The molecule has 0 rings (SSSR count). The van der Waals surface area contributed by atoms with Gasteiger partial charge in [-0.2, -0.15) is 0 Å². The number of rotatable bonds is 1. The van der Waals surface area contributed by atoms with E-state index in [0.29, 0.717) is 0 Å². The van der Waals surface area contributed by atoms with Crippen molar-refractivity contribution in [1.82, 2.24) is 0 Å². The zero-order chi connectivity index (χ0) is 4.28. The summed E-state index contributed by atoms with van der Waals surface area (Å²) < 4.78 is 0. The molecule has 0 aliphatic carbocycles. The number of carboxylic acids is 1. The minimum atomic E-state index is -1.22.